The summed E-state index contributed by atoms with van der Waals surface area (Å²) in [6.07, 6.45) is -3.45. The summed E-state index contributed by atoms with van der Waals surface area (Å²) in [6.45, 7) is 4.12. The summed E-state index contributed by atoms with van der Waals surface area (Å²) in [5, 5.41) is 3.35. The molecule has 6 heteroatoms. The Labute approximate surface area is 121 Å². The van der Waals surface area contributed by atoms with Crippen LogP contribution in [-0.2, 0) is 12.7 Å². The van der Waals surface area contributed by atoms with Gasteiger partial charge in [-0.05, 0) is 61.7 Å². The maximum atomic E-state index is 13.4. The number of alkyl halides is 3. The third kappa shape index (κ3) is 3.37. The van der Waals surface area contributed by atoms with E-state index in [1.54, 1.807) is 0 Å². The zero-order valence-corrected chi connectivity index (χ0v) is 11.6. The Morgan fingerprint density at radius 2 is 1.90 bits per heavy atom. The summed E-state index contributed by atoms with van der Waals surface area (Å²) in [6, 6.07) is 2.81. The molecule has 0 spiro atoms. The fraction of sp³-hybridized carbons (Fsp3) is 0.600. The van der Waals surface area contributed by atoms with Crippen LogP contribution in [0.4, 0.5) is 17.6 Å². The van der Waals surface area contributed by atoms with Gasteiger partial charge in [0.15, 0.2) is 0 Å². The molecule has 0 saturated carbocycles. The molecule has 21 heavy (non-hydrogen) atoms. The smallest absolute Gasteiger partial charge is 0.316 e. The molecule has 2 heterocycles. The lowest BCUT2D eigenvalue weighted by Gasteiger charge is -2.34. The Morgan fingerprint density at radius 1 is 1.14 bits per heavy atom. The van der Waals surface area contributed by atoms with E-state index in [2.05, 4.69) is 10.2 Å². The van der Waals surface area contributed by atoms with Gasteiger partial charge in [-0.2, -0.15) is 13.2 Å². The van der Waals surface area contributed by atoms with Crippen LogP contribution in [0.3, 0.4) is 0 Å². The van der Waals surface area contributed by atoms with Crippen LogP contribution >= 0.6 is 0 Å². The molecule has 2 nitrogen and oxygen atoms in total. The van der Waals surface area contributed by atoms with Gasteiger partial charge in [0.2, 0.25) is 0 Å². The van der Waals surface area contributed by atoms with E-state index in [0.29, 0.717) is 30.0 Å². The highest BCUT2D eigenvalue weighted by Crippen LogP contribution is 2.32. The molecule has 2 aliphatic rings. The van der Waals surface area contributed by atoms with Crippen LogP contribution in [0, 0.1) is 17.7 Å². The topological polar surface area (TPSA) is 15.3 Å². The van der Waals surface area contributed by atoms with E-state index in [4.69, 9.17) is 0 Å². The Kier molecular flexibility index (Phi) is 3.92. The first-order valence-corrected chi connectivity index (χ1v) is 7.21. The SMILES string of the molecule is Fc1cc(CN2CCC3CNCC3C2)cc(C(F)(F)F)c1. The second kappa shape index (κ2) is 5.57. The number of rotatable bonds is 2. The Balaban J connectivity index is 1.71. The van der Waals surface area contributed by atoms with Gasteiger partial charge in [-0.25, -0.2) is 4.39 Å². The van der Waals surface area contributed by atoms with Crippen molar-refractivity contribution in [3.05, 3.63) is 35.1 Å². The van der Waals surface area contributed by atoms with Crippen molar-refractivity contribution >= 4 is 0 Å². The van der Waals surface area contributed by atoms with E-state index in [-0.39, 0.29) is 0 Å². The first-order chi connectivity index (χ1) is 9.91. The maximum Gasteiger partial charge on any atom is 0.416 e. The molecule has 0 radical (unpaired) electrons. The number of likely N-dealkylation sites (tertiary alicyclic amines) is 1. The molecule has 2 atom stereocenters. The van der Waals surface area contributed by atoms with E-state index in [9.17, 15) is 17.6 Å². The molecular weight excluding hydrogens is 284 g/mol. The quantitative estimate of drug-likeness (QED) is 0.845. The number of benzene rings is 1. The van der Waals surface area contributed by atoms with E-state index in [0.717, 1.165) is 38.7 Å². The molecule has 0 aromatic heterocycles. The standard InChI is InChI=1S/C15H18F4N2/c16-14-4-10(3-13(5-14)15(17,18)19)8-21-2-1-11-6-20-7-12(11)9-21/h3-5,11-12,20H,1-2,6-9H2. The lowest BCUT2D eigenvalue weighted by Crippen LogP contribution is -2.39. The van der Waals surface area contributed by atoms with Crippen LogP contribution in [0.5, 0.6) is 0 Å². The Morgan fingerprint density at radius 3 is 2.67 bits per heavy atom. The third-order valence-corrected chi connectivity index (χ3v) is 4.48. The average molecular weight is 302 g/mol. The summed E-state index contributed by atoms with van der Waals surface area (Å²) < 4.78 is 51.5. The molecule has 2 saturated heterocycles. The van der Waals surface area contributed by atoms with Crippen molar-refractivity contribution in [2.75, 3.05) is 26.2 Å². The highest BCUT2D eigenvalue weighted by atomic mass is 19.4. The lowest BCUT2D eigenvalue weighted by atomic mass is 9.88. The second-order valence-electron chi connectivity index (χ2n) is 6.05. The summed E-state index contributed by atoms with van der Waals surface area (Å²) in [7, 11) is 0. The second-order valence-corrected chi connectivity index (χ2v) is 6.05. The van der Waals surface area contributed by atoms with E-state index >= 15 is 0 Å². The first kappa shape index (κ1) is 14.8. The Bertz CT molecular complexity index is 515. The van der Waals surface area contributed by atoms with Gasteiger partial charge < -0.3 is 5.32 Å². The highest BCUT2D eigenvalue weighted by Gasteiger charge is 2.34. The van der Waals surface area contributed by atoms with Crippen LogP contribution < -0.4 is 5.32 Å². The van der Waals surface area contributed by atoms with Crippen molar-refractivity contribution in [2.24, 2.45) is 11.8 Å². The number of nitrogens with one attached hydrogen (secondary N) is 1. The number of hydrogen-bond acceptors (Lipinski definition) is 2. The molecular formula is C15H18F4N2. The Hall–Kier alpha value is -1.14. The molecule has 2 unspecified atom stereocenters. The highest BCUT2D eigenvalue weighted by molar-refractivity contribution is 5.27. The van der Waals surface area contributed by atoms with Crippen molar-refractivity contribution in [1.29, 1.82) is 0 Å². The monoisotopic (exact) mass is 302 g/mol. The van der Waals surface area contributed by atoms with Crippen molar-refractivity contribution in [3.8, 4) is 0 Å². The minimum Gasteiger partial charge on any atom is -0.316 e. The van der Waals surface area contributed by atoms with E-state index in [1.165, 1.54) is 6.07 Å². The first-order valence-electron chi connectivity index (χ1n) is 7.21. The number of fused-ring (bicyclic) bond motifs is 1. The van der Waals surface area contributed by atoms with Gasteiger partial charge in [0.1, 0.15) is 5.82 Å². The fourth-order valence-electron chi connectivity index (χ4n) is 3.42. The van der Waals surface area contributed by atoms with Gasteiger partial charge in [0, 0.05) is 13.1 Å². The van der Waals surface area contributed by atoms with Gasteiger partial charge >= 0.3 is 6.18 Å². The number of halogens is 4. The molecule has 0 aliphatic carbocycles. The average Bonchev–Trinajstić information content (AvgIpc) is 2.84. The zero-order chi connectivity index (χ0) is 15.0. The van der Waals surface area contributed by atoms with Crippen LogP contribution in [0.15, 0.2) is 18.2 Å². The number of hydrogen-bond donors (Lipinski definition) is 1. The molecule has 2 fully saturated rings. The van der Waals surface area contributed by atoms with Crippen molar-refractivity contribution in [3.63, 3.8) is 0 Å². The van der Waals surface area contributed by atoms with Gasteiger partial charge in [-0.15, -0.1) is 0 Å². The summed E-state index contributed by atoms with van der Waals surface area (Å²) in [5.41, 5.74) is -0.512. The predicted octanol–water partition coefficient (Wildman–Crippen LogP) is 2.89. The largest absolute Gasteiger partial charge is 0.416 e. The normalized spacial score (nSPS) is 26.9. The molecule has 0 bridgehead atoms. The molecule has 2 aliphatic heterocycles. The molecule has 0 amide bonds. The van der Waals surface area contributed by atoms with Gasteiger partial charge in [0.25, 0.3) is 0 Å². The molecule has 1 N–H and O–H groups in total. The van der Waals surface area contributed by atoms with Crippen LogP contribution in [0.25, 0.3) is 0 Å². The summed E-state index contributed by atoms with van der Waals surface area (Å²) in [4.78, 5) is 2.13. The van der Waals surface area contributed by atoms with Crippen LogP contribution in [0.2, 0.25) is 0 Å². The van der Waals surface area contributed by atoms with Crippen LogP contribution in [0.1, 0.15) is 17.5 Å². The van der Waals surface area contributed by atoms with E-state index in [1.807, 2.05) is 0 Å². The van der Waals surface area contributed by atoms with Gasteiger partial charge in [-0.1, -0.05) is 0 Å². The lowest BCUT2D eigenvalue weighted by molar-refractivity contribution is -0.137. The number of piperidine rings is 1. The van der Waals surface area contributed by atoms with Gasteiger partial charge in [-0.3, -0.25) is 4.90 Å². The third-order valence-electron chi connectivity index (χ3n) is 4.48. The van der Waals surface area contributed by atoms with E-state index < -0.39 is 17.6 Å². The van der Waals surface area contributed by atoms with Crippen molar-refractivity contribution < 1.29 is 17.6 Å². The van der Waals surface area contributed by atoms with Crippen molar-refractivity contribution in [1.82, 2.24) is 10.2 Å². The minimum absolute atomic E-state index is 0.379. The van der Waals surface area contributed by atoms with Crippen LogP contribution in [-0.4, -0.2) is 31.1 Å². The maximum absolute atomic E-state index is 13.4. The van der Waals surface area contributed by atoms with Crippen molar-refractivity contribution in [2.45, 2.75) is 19.1 Å². The molecule has 1 aromatic rings. The number of nitrogens with zero attached hydrogens (tertiary/aromatic N) is 1. The molecule has 116 valence electrons. The summed E-state index contributed by atoms with van der Waals surface area (Å²) >= 11 is 0. The zero-order valence-electron chi connectivity index (χ0n) is 11.6. The predicted molar refractivity (Wildman–Crippen MR) is 71.1 cm³/mol. The fourth-order valence-corrected chi connectivity index (χ4v) is 3.42. The van der Waals surface area contributed by atoms with Gasteiger partial charge in [0.05, 0.1) is 5.56 Å². The minimum atomic E-state index is -4.50. The molecule has 1 aromatic carbocycles. The summed E-state index contributed by atoms with van der Waals surface area (Å²) in [5.74, 6) is 0.422. The molecule has 3 rings (SSSR count).